The Hall–Kier alpha value is -1.38. The third-order valence-corrected chi connectivity index (χ3v) is 3.28. The second-order valence-electron chi connectivity index (χ2n) is 4.53. The van der Waals surface area contributed by atoms with E-state index in [2.05, 4.69) is 61.3 Å². The zero-order valence-electron chi connectivity index (χ0n) is 10.6. The molecule has 1 atom stereocenters. The van der Waals surface area contributed by atoms with Gasteiger partial charge >= 0.3 is 0 Å². The van der Waals surface area contributed by atoms with Gasteiger partial charge in [-0.1, -0.05) is 49.4 Å². The van der Waals surface area contributed by atoms with E-state index in [0.717, 1.165) is 13.0 Å². The summed E-state index contributed by atoms with van der Waals surface area (Å²) in [6.07, 6.45) is 1.11. The van der Waals surface area contributed by atoms with Crippen molar-refractivity contribution in [2.75, 3.05) is 7.05 Å². The van der Waals surface area contributed by atoms with E-state index in [9.17, 15) is 0 Å². The largest absolute Gasteiger partial charge is 0.316 e. The lowest BCUT2D eigenvalue weighted by atomic mass is 10.0. The minimum Gasteiger partial charge on any atom is -0.316 e. The molecule has 17 heavy (non-hydrogen) atoms. The highest BCUT2D eigenvalue weighted by Gasteiger charge is 2.09. The first kappa shape index (κ1) is 12.1. The molecule has 0 aliphatic carbocycles. The maximum Gasteiger partial charge on any atom is 0.0569 e. The summed E-state index contributed by atoms with van der Waals surface area (Å²) in [5.41, 5.74) is 7.38. The molecule has 0 spiro atoms. The molecule has 2 aromatic rings. The van der Waals surface area contributed by atoms with Crippen LogP contribution in [0.5, 0.6) is 0 Å². The van der Waals surface area contributed by atoms with Crippen molar-refractivity contribution in [3.8, 4) is 0 Å². The Morgan fingerprint density at radius 2 is 1.82 bits per heavy atom. The molecule has 90 valence electrons. The topological polar surface area (TPSA) is 29.3 Å². The fourth-order valence-corrected chi connectivity index (χ4v) is 2.13. The van der Waals surface area contributed by atoms with E-state index >= 15 is 0 Å². The van der Waals surface area contributed by atoms with Gasteiger partial charge < -0.3 is 5.73 Å². The van der Waals surface area contributed by atoms with Gasteiger partial charge in [0.2, 0.25) is 0 Å². The lowest BCUT2D eigenvalue weighted by molar-refractivity contribution is 0.234. The van der Waals surface area contributed by atoms with Crippen molar-refractivity contribution in [2.24, 2.45) is 5.73 Å². The van der Waals surface area contributed by atoms with Gasteiger partial charge in [0.25, 0.3) is 0 Å². The quantitative estimate of drug-likeness (QED) is 0.815. The van der Waals surface area contributed by atoms with Crippen LogP contribution in [0.2, 0.25) is 0 Å². The molecule has 0 bridgehead atoms. The molecule has 0 saturated heterocycles. The number of hydrogen-bond acceptors (Lipinski definition) is 2. The summed E-state index contributed by atoms with van der Waals surface area (Å²) in [6, 6.07) is 14.9. The van der Waals surface area contributed by atoms with Gasteiger partial charge in [-0.15, -0.1) is 0 Å². The average molecular weight is 228 g/mol. The maximum absolute atomic E-state index is 6.03. The van der Waals surface area contributed by atoms with Gasteiger partial charge in [-0.05, 0) is 29.8 Å². The zero-order chi connectivity index (χ0) is 12.3. The first-order chi connectivity index (χ1) is 8.22. The Morgan fingerprint density at radius 1 is 1.12 bits per heavy atom. The monoisotopic (exact) mass is 228 g/mol. The summed E-state index contributed by atoms with van der Waals surface area (Å²) in [7, 11) is 2.08. The Kier molecular flexibility index (Phi) is 3.77. The second-order valence-corrected chi connectivity index (χ2v) is 4.53. The zero-order valence-corrected chi connectivity index (χ0v) is 10.6. The van der Waals surface area contributed by atoms with Crippen LogP contribution in [0.1, 0.15) is 18.9 Å². The third-order valence-electron chi connectivity index (χ3n) is 3.28. The summed E-state index contributed by atoms with van der Waals surface area (Å²) >= 11 is 0. The van der Waals surface area contributed by atoms with Crippen LogP contribution in [-0.2, 0) is 6.54 Å². The van der Waals surface area contributed by atoms with Crippen LogP contribution >= 0.6 is 0 Å². The highest BCUT2D eigenvalue weighted by atomic mass is 15.2. The molecule has 0 heterocycles. The summed E-state index contributed by atoms with van der Waals surface area (Å²) < 4.78 is 0. The highest BCUT2D eigenvalue weighted by molar-refractivity contribution is 5.85. The fourth-order valence-electron chi connectivity index (χ4n) is 2.13. The van der Waals surface area contributed by atoms with Crippen molar-refractivity contribution in [3.05, 3.63) is 48.0 Å². The first-order valence-corrected chi connectivity index (χ1v) is 6.15. The molecule has 0 saturated carbocycles. The van der Waals surface area contributed by atoms with Crippen molar-refractivity contribution in [1.29, 1.82) is 0 Å². The number of benzene rings is 2. The Labute approximate surface area is 103 Å². The summed E-state index contributed by atoms with van der Waals surface area (Å²) in [5.74, 6) is 0. The predicted octanol–water partition coefficient (Wildman–Crippen LogP) is 2.97. The van der Waals surface area contributed by atoms with Crippen LogP contribution in [0, 0.1) is 0 Å². The standard InChI is InChI=1S/C15H20N2/c1-3-15(16)17(2)11-13-9-6-8-12-7-4-5-10-14(12)13/h4-10,15H,3,11,16H2,1-2H3. The predicted molar refractivity (Wildman–Crippen MR) is 73.7 cm³/mol. The molecule has 0 amide bonds. The molecule has 2 rings (SSSR count). The molecular weight excluding hydrogens is 208 g/mol. The van der Waals surface area contributed by atoms with Crippen molar-refractivity contribution < 1.29 is 0 Å². The molecule has 0 fully saturated rings. The molecule has 0 aliphatic rings. The van der Waals surface area contributed by atoms with E-state index in [1.807, 2.05) is 0 Å². The van der Waals surface area contributed by atoms with Gasteiger partial charge in [-0.25, -0.2) is 0 Å². The van der Waals surface area contributed by atoms with Gasteiger partial charge in [0, 0.05) is 6.54 Å². The Morgan fingerprint density at radius 3 is 2.59 bits per heavy atom. The Bertz CT molecular complexity index is 488. The van der Waals surface area contributed by atoms with E-state index in [1.165, 1.54) is 16.3 Å². The molecule has 2 heteroatoms. The molecule has 2 aromatic carbocycles. The number of hydrogen-bond donors (Lipinski definition) is 1. The van der Waals surface area contributed by atoms with Crippen LogP contribution < -0.4 is 5.73 Å². The average Bonchev–Trinajstić information content (AvgIpc) is 2.38. The lowest BCUT2D eigenvalue weighted by Gasteiger charge is -2.23. The van der Waals surface area contributed by atoms with Crippen LogP contribution in [0.15, 0.2) is 42.5 Å². The maximum atomic E-state index is 6.03. The van der Waals surface area contributed by atoms with E-state index in [1.54, 1.807) is 0 Å². The second kappa shape index (κ2) is 5.30. The van der Waals surface area contributed by atoms with Crippen molar-refractivity contribution in [1.82, 2.24) is 4.90 Å². The van der Waals surface area contributed by atoms with Crippen molar-refractivity contribution in [2.45, 2.75) is 26.1 Å². The number of nitrogens with two attached hydrogens (primary N) is 1. The van der Waals surface area contributed by atoms with E-state index < -0.39 is 0 Å². The number of rotatable bonds is 4. The molecular formula is C15H20N2. The smallest absolute Gasteiger partial charge is 0.0569 e. The van der Waals surface area contributed by atoms with Crippen LogP contribution in [-0.4, -0.2) is 18.1 Å². The van der Waals surface area contributed by atoms with Crippen LogP contribution in [0.3, 0.4) is 0 Å². The summed E-state index contributed by atoms with van der Waals surface area (Å²) in [4.78, 5) is 2.20. The van der Waals surface area contributed by atoms with Crippen LogP contribution in [0.4, 0.5) is 0 Å². The van der Waals surface area contributed by atoms with Crippen molar-refractivity contribution >= 4 is 10.8 Å². The third kappa shape index (κ3) is 2.65. The Balaban J connectivity index is 2.30. The molecule has 2 N–H and O–H groups in total. The summed E-state index contributed by atoms with van der Waals surface area (Å²) in [5, 5.41) is 2.62. The molecule has 0 radical (unpaired) electrons. The fraction of sp³-hybridized carbons (Fsp3) is 0.333. The van der Waals surface area contributed by atoms with Gasteiger partial charge in [-0.3, -0.25) is 4.90 Å². The van der Waals surface area contributed by atoms with Crippen molar-refractivity contribution in [3.63, 3.8) is 0 Å². The van der Waals surface area contributed by atoms with E-state index in [-0.39, 0.29) is 6.17 Å². The van der Waals surface area contributed by atoms with E-state index in [4.69, 9.17) is 5.73 Å². The number of fused-ring (bicyclic) bond motifs is 1. The molecule has 0 aromatic heterocycles. The normalized spacial score (nSPS) is 13.2. The minimum absolute atomic E-state index is 0.133. The minimum atomic E-state index is 0.133. The van der Waals surface area contributed by atoms with E-state index in [0.29, 0.717) is 0 Å². The van der Waals surface area contributed by atoms with Gasteiger partial charge in [0.15, 0.2) is 0 Å². The molecule has 1 unspecified atom stereocenters. The SMILES string of the molecule is CCC(N)N(C)Cc1cccc2ccccc12. The first-order valence-electron chi connectivity index (χ1n) is 6.15. The van der Waals surface area contributed by atoms with Gasteiger partial charge in [0.05, 0.1) is 6.17 Å². The summed E-state index contributed by atoms with van der Waals surface area (Å²) in [6.45, 7) is 3.01. The molecule has 2 nitrogen and oxygen atoms in total. The highest BCUT2D eigenvalue weighted by Crippen LogP contribution is 2.19. The van der Waals surface area contributed by atoms with Gasteiger partial charge in [0.1, 0.15) is 0 Å². The van der Waals surface area contributed by atoms with Gasteiger partial charge in [-0.2, -0.15) is 0 Å². The number of nitrogens with zero attached hydrogens (tertiary/aromatic N) is 1. The van der Waals surface area contributed by atoms with Crippen LogP contribution in [0.25, 0.3) is 10.8 Å². The lowest BCUT2D eigenvalue weighted by Crippen LogP contribution is -2.37. The molecule has 0 aliphatic heterocycles.